The minimum absolute atomic E-state index is 0.0403. The van der Waals surface area contributed by atoms with Crippen molar-refractivity contribution in [3.05, 3.63) is 95.1 Å². The Morgan fingerprint density at radius 3 is 2.33 bits per heavy atom. The van der Waals surface area contributed by atoms with Gasteiger partial charge in [-0.2, -0.15) is 0 Å². The number of carbonyl (C=O) groups is 1. The number of hydrogen-bond donors (Lipinski definition) is 1. The molecule has 0 saturated carbocycles. The van der Waals surface area contributed by atoms with Gasteiger partial charge in [-0.05, 0) is 73.9 Å². The van der Waals surface area contributed by atoms with Crippen molar-refractivity contribution in [2.24, 2.45) is 0 Å². The van der Waals surface area contributed by atoms with Crippen molar-refractivity contribution in [2.45, 2.75) is 20.8 Å². The van der Waals surface area contributed by atoms with Gasteiger partial charge >= 0.3 is 0 Å². The van der Waals surface area contributed by atoms with Crippen LogP contribution in [0.15, 0.2) is 66.7 Å². The van der Waals surface area contributed by atoms with Gasteiger partial charge in [-0.3, -0.25) is 4.79 Å². The number of aromatic nitrogens is 3. The molecule has 1 amide bonds. The van der Waals surface area contributed by atoms with Crippen molar-refractivity contribution in [2.75, 3.05) is 5.32 Å². The standard InChI is InChI=1S/C24H21FN4O/c1-15-8-6-10-21(17(15)3)29-23(18-11-13-19(25)14-12-18)27-22(28-29)24(30)26-20-9-5-4-7-16(20)2/h4-14H,1-3H3,(H,26,30). The van der Waals surface area contributed by atoms with Crippen LogP contribution in [-0.4, -0.2) is 20.7 Å². The molecule has 4 rings (SSSR count). The molecule has 0 bridgehead atoms. The zero-order valence-corrected chi connectivity index (χ0v) is 17.0. The van der Waals surface area contributed by atoms with E-state index in [9.17, 15) is 9.18 Å². The fourth-order valence-electron chi connectivity index (χ4n) is 3.22. The monoisotopic (exact) mass is 400 g/mol. The molecule has 0 spiro atoms. The predicted molar refractivity (Wildman–Crippen MR) is 115 cm³/mol. The molecule has 6 heteroatoms. The first-order valence-electron chi connectivity index (χ1n) is 9.60. The third-order valence-corrected chi connectivity index (χ3v) is 5.11. The van der Waals surface area contributed by atoms with Crippen molar-refractivity contribution in [1.29, 1.82) is 0 Å². The summed E-state index contributed by atoms with van der Waals surface area (Å²) in [6, 6.07) is 19.4. The lowest BCUT2D eigenvalue weighted by atomic mass is 10.1. The highest BCUT2D eigenvalue weighted by Gasteiger charge is 2.20. The lowest BCUT2D eigenvalue weighted by Crippen LogP contribution is -2.15. The van der Waals surface area contributed by atoms with Crippen molar-refractivity contribution in [1.82, 2.24) is 14.8 Å². The Labute approximate surface area is 174 Å². The fraction of sp³-hybridized carbons (Fsp3) is 0.125. The molecular formula is C24H21FN4O. The SMILES string of the molecule is Cc1ccccc1NC(=O)c1nc(-c2ccc(F)cc2)n(-c2cccc(C)c2C)n1. The minimum atomic E-state index is -0.406. The number of nitrogens with one attached hydrogen (secondary N) is 1. The quantitative estimate of drug-likeness (QED) is 0.509. The maximum absolute atomic E-state index is 13.4. The highest BCUT2D eigenvalue weighted by atomic mass is 19.1. The van der Waals surface area contributed by atoms with E-state index in [1.165, 1.54) is 12.1 Å². The molecule has 0 atom stereocenters. The maximum Gasteiger partial charge on any atom is 0.295 e. The fourth-order valence-corrected chi connectivity index (χ4v) is 3.22. The molecule has 5 nitrogen and oxygen atoms in total. The van der Waals surface area contributed by atoms with E-state index in [1.54, 1.807) is 16.8 Å². The van der Waals surface area contributed by atoms with Gasteiger partial charge in [0.15, 0.2) is 5.82 Å². The second kappa shape index (κ2) is 7.91. The predicted octanol–water partition coefficient (Wildman–Crippen LogP) is 5.25. The molecule has 150 valence electrons. The average Bonchev–Trinajstić information content (AvgIpc) is 3.17. The molecule has 1 heterocycles. The molecule has 4 aromatic rings. The number of rotatable bonds is 4. The zero-order chi connectivity index (χ0) is 21.3. The number of anilines is 1. The van der Waals surface area contributed by atoms with Crippen LogP contribution in [0, 0.1) is 26.6 Å². The summed E-state index contributed by atoms with van der Waals surface area (Å²) in [5, 5.41) is 7.37. The molecule has 0 fully saturated rings. The van der Waals surface area contributed by atoms with Crippen LogP contribution in [0.3, 0.4) is 0 Å². The Balaban J connectivity index is 1.81. The molecule has 3 aromatic carbocycles. The summed E-state index contributed by atoms with van der Waals surface area (Å²) in [6.07, 6.45) is 0. The van der Waals surface area contributed by atoms with Crippen molar-refractivity contribution in [3.63, 3.8) is 0 Å². The van der Waals surface area contributed by atoms with Gasteiger partial charge in [0.1, 0.15) is 5.82 Å². The van der Waals surface area contributed by atoms with Gasteiger partial charge in [0, 0.05) is 11.3 Å². The Morgan fingerprint density at radius 1 is 0.900 bits per heavy atom. The summed E-state index contributed by atoms with van der Waals surface area (Å²) in [4.78, 5) is 17.4. The van der Waals surface area contributed by atoms with E-state index < -0.39 is 5.91 Å². The summed E-state index contributed by atoms with van der Waals surface area (Å²) >= 11 is 0. The van der Waals surface area contributed by atoms with Crippen LogP contribution in [0.4, 0.5) is 10.1 Å². The van der Waals surface area contributed by atoms with Crippen LogP contribution in [0.25, 0.3) is 17.1 Å². The Hall–Kier alpha value is -3.80. The van der Waals surface area contributed by atoms with Gasteiger partial charge < -0.3 is 5.32 Å². The number of hydrogen-bond acceptors (Lipinski definition) is 3. The van der Waals surface area contributed by atoms with E-state index in [1.807, 2.05) is 63.2 Å². The summed E-state index contributed by atoms with van der Waals surface area (Å²) in [7, 11) is 0. The van der Waals surface area contributed by atoms with E-state index >= 15 is 0 Å². The van der Waals surface area contributed by atoms with Crippen LogP contribution in [0.5, 0.6) is 0 Å². The van der Waals surface area contributed by atoms with Crippen LogP contribution in [0.1, 0.15) is 27.3 Å². The molecule has 1 aromatic heterocycles. The van der Waals surface area contributed by atoms with Gasteiger partial charge in [0.2, 0.25) is 5.82 Å². The number of nitrogens with zero attached hydrogens (tertiary/aromatic N) is 3. The molecule has 30 heavy (non-hydrogen) atoms. The van der Waals surface area contributed by atoms with Gasteiger partial charge in [-0.15, -0.1) is 5.10 Å². The highest BCUT2D eigenvalue weighted by Crippen LogP contribution is 2.25. The lowest BCUT2D eigenvalue weighted by molar-refractivity contribution is 0.101. The first kappa shape index (κ1) is 19.5. The zero-order valence-electron chi connectivity index (χ0n) is 17.0. The van der Waals surface area contributed by atoms with E-state index in [0.29, 0.717) is 17.1 Å². The van der Waals surface area contributed by atoms with Gasteiger partial charge in [0.05, 0.1) is 5.69 Å². The summed E-state index contributed by atoms with van der Waals surface area (Å²) < 4.78 is 15.1. The topological polar surface area (TPSA) is 59.8 Å². The van der Waals surface area contributed by atoms with Gasteiger partial charge in [-0.1, -0.05) is 30.3 Å². The summed E-state index contributed by atoms with van der Waals surface area (Å²) in [6.45, 7) is 5.93. The molecular weight excluding hydrogens is 379 g/mol. The summed E-state index contributed by atoms with van der Waals surface area (Å²) in [5.41, 5.74) is 5.25. The van der Waals surface area contributed by atoms with E-state index in [0.717, 1.165) is 22.4 Å². The van der Waals surface area contributed by atoms with E-state index in [4.69, 9.17) is 0 Å². The van der Waals surface area contributed by atoms with Crippen LogP contribution < -0.4 is 5.32 Å². The number of halogens is 1. The lowest BCUT2D eigenvalue weighted by Gasteiger charge is -2.11. The van der Waals surface area contributed by atoms with Crippen LogP contribution in [0.2, 0.25) is 0 Å². The van der Waals surface area contributed by atoms with Crippen LogP contribution in [-0.2, 0) is 0 Å². The highest BCUT2D eigenvalue weighted by molar-refractivity contribution is 6.02. The first-order valence-corrected chi connectivity index (χ1v) is 9.60. The maximum atomic E-state index is 13.4. The number of benzene rings is 3. The van der Waals surface area contributed by atoms with Crippen molar-refractivity contribution < 1.29 is 9.18 Å². The normalized spacial score (nSPS) is 10.8. The largest absolute Gasteiger partial charge is 0.319 e. The first-order chi connectivity index (χ1) is 14.4. The third-order valence-electron chi connectivity index (χ3n) is 5.11. The van der Waals surface area contributed by atoms with Gasteiger partial charge in [0.25, 0.3) is 5.91 Å². The van der Waals surface area contributed by atoms with Crippen molar-refractivity contribution >= 4 is 11.6 Å². The van der Waals surface area contributed by atoms with Crippen molar-refractivity contribution in [3.8, 4) is 17.1 Å². The molecule has 1 N–H and O–H groups in total. The molecule has 0 aliphatic heterocycles. The third kappa shape index (κ3) is 3.72. The smallest absolute Gasteiger partial charge is 0.295 e. The number of amides is 1. The number of carbonyl (C=O) groups excluding carboxylic acids is 1. The Bertz CT molecular complexity index is 1230. The Kier molecular flexibility index (Phi) is 5.14. The van der Waals surface area contributed by atoms with E-state index in [-0.39, 0.29) is 11.6 Å². The van der Waals surface area contributed by atoms with Gasteiger partial charge in [-0.25, -0.2) is 14.1 Å². The minimum Gasteiger partial charge on any atom is -0.319 e. The molecule has 0 unspecified atom stereocenters. The van der Waals surface area contributed by atoms with E-state index in [2.05, 4.69) is 15.4 Å². The number of para-hydroxylation sites is 1. The molecule has 0 saturated heterocycles. The van der Waals surface area contributed by atoms with Crippen LogP contribution >= 0.6 is 0 Å². The molecule has 0 radical (unpaired) electrons. The molecule has 0 aliphatic carbocycles. The average molecular weight is 400 g/mol. The second-order valence-electron chi connectivity index (χ2n) is 7.17. The Morgan fingerprint density at radius 2 is 1.60 bits per heavy atom. The molecule has 0 aliphatic rings. The second-order valence-corrected chi connectivity index (χ2v) is 7.17. The summed E-state index contributed by atoms with van der Waals surface area (Å²) in [5.74, 6) is -0.233. The number of aryl methyl sites for hydroxylation is 2.